The Hall–Kier alpha value is 0.556. The summed E-state index contributed by atoms with van der Waals surface area (Å²) in [6.45, 7) is 4.32. The zero-order valence-electron chi connectivity index (χ0n) is 6.28. The molecule has 0 atom stereocenters. The standard InChI is InChI=1S/C6H12N2.2ClH.Ga.3H/c1-3-8-5-4-7(2)6-8;;;;;;/h4-5H,3,6H2,1-2H3;2*1H;;;;. The second-order valence-electron chi connectivity index (χ2n) is 2.10. The molecule has 0 saturated heterocycles. The maximum absolute atomic E-state index is 2.25. The van der Waals surface area contributed by atoms with Crippen molar-refractivity contribution in [2.75, 3.05) is 20.3 Å². The molecular formula is C6H17Cl2GaN2. The Morgan fingerprint density at radius 3 is 2.00 bits per heavy atom. The van der Waals surface area contributed by atoms with Crippen LogP contribution in [0.4, 0.5) is 0 Å². The molecule has 0 unspecified atom stereocenters. The van der Waals surface area contributed by atoms with E-state index in [1.54, 1.807) is 0 Å². The molecule has 0 aromatic carbocycles. The van der Waals surface area contributed by atoms with Crippen LogP contribution in [-0.4, -0.2) is 49.9 Å². The summed E-state index contributed by atoms with van der Waals surface area (Å²) in [6, 6.07) is 0. The fourth-order valence-corrected chi connectivity index (χ4v) is 0.794. The summed E-state index contributed by atoms with van der Waals surface area (Å²) < 4.78 is 0. The van der Waals surface area contributed by atoms with E-state index in [0.29, 0.717) is 0 Å². The molecule has 1 rings (SSSR count). The van der Waals surface area contributed by atoms with Gasteiger partial charge in [-0.15, -0.1) is 24.8 Å². The maximum atomic E-state index is 2.25. The molecule has 0 saturated carbocycles. The van der Waals surface area contributed by atoms with Crippen LogP contribution >= 0.6 is 24.8 Å². The van der Waals surface area contributed by atoms with Crippen LogP contribution < -0.4 is 0 Å². The molecule has 0 aliphatic carbocycles. The SMILES string of the molecule is CCN1C=CN(C)C1.Cl.Cl.[GaH3]. The van der Waals surface area contributed by atoms with Crippen molar-refractivity contribution in [3.8, 4) is 0 Å². The molecule has 68 valence electrons. The molecule has 0 bridgehead atoms. The number of hydrogen-bond acceptors (Lipinski definition) is 2. The summed E-state index contributed by atoms with van der Waals surface area (Å²) in [6.07, 6.45) is 4.20. The Labute approximate surface area is 93.9 Å². The molecule has 0 aromatic rings. The van der Waals surface area contributed by atoms with Gasteiger partial charge in [-0.1, -0.05) is 0 Å². The van der Waals surface area contributed by atoms with Crippen LogP contribution in [0, 0.1) is 0 Å². The molecule has 5 heteroatoms. The molecule has 0 aromatic heterocycles. The van der Waals surface area contributed by atoms with Gasteiger partial charge in [-0.3, -0.25) is 0 Å². The first-order valence-corrected chi connectivity index (χ1v) is 2.95. The van der Waals surface area contributed by atoms with Crippen molar-refractivity contribution >= 4 is 44.6 Å². The van der Waals surface area contributed by atoms with Gasteiger partial charge < -0.3 is 9.80 Å². The van der Waals surface area contributed by atoms with Crippen LogP contribution in [0.15, 0.2) is 12.4 Å². The second-order valence-corrected chi connectivity index (χ2v) is 2.10. The van der Waals surface area contributed by atoms with Gasteiger partial charge in [0, 0.05) is 26.0 Å². The van der Waals surface area contributed by atoms with Crippen LogP contribution in [0.2, 0.25) is 0 Å². The van der Waals surface area contributed by atoms with E-state index in [1.807, 2.05) is 0 Å². The van der Waals surface area contributed by atoms with Crippen LogP contribution in [0.5, 0.6) is 0 Å². The zero-order valence-corrected chi connectivity index (χ0v) is 7.91. The van der Waals surface area contributed by atoms with Gasteiger partial charge in [-0.25, -0.2) is 0 Å². The molecular weight excluding hydrogens is 241 g/mol. The van der Waals surface area contributed by atoms with E-state index in [1.165, 1.54) is 0 Å². The van der Waals surface area contributed by atoms with Gasteiger partial charge in [0.15, 0.2) is 0 Å². The van der Waals surface area contributed by atoms with Crippen LogP contribution in [0.25, 0.3) is 0 Å². The molecule has 0 radical (unpaired) electrons. The van der Waals surface area contributed by atoms with Crippen molar-refractivity contribution in [1.29, 1.82) is 0 Å². The van der Waals surface area contributed by atoms with E-state index in [-0.39, 0.29) is 44.6 Å². The fraction of sp³-hybridized carbons (Fsp3) is 0.667. The molecule has 0 amide bonds. The second kappa shape index (κ2) is 8.65. The Balaban J connectivity index is -0.000000213. The third kappa shape index (κ3) is 5.79. The summed E-state index contributed by atoms with van der Waals surface area (Å²) in [4.78, 5) is 4.41. The zero-order chi connectivity index (χ0) is 5.98. The number of rotatable bonds is 1. The van der Waals surface area contributed by atoms with Crippen molar-refractivity contribution < 1.29 is 0 Å². The molecule has 1 aliphatic heterocycles. The normalized spacial score (nSPS) is 13.3. The third-order valence-corrected chi connectivity index (χ3v) is 1.34. The van der Waals surface area contributed by atoms with E-state index in [0.717, 1.165) is 13.2 Å². The Bertz CT molecular complexity index is 111. The van der Waals surface area contributed by atoms with Gasteiger partial charge in [-0.2, -0.15) is 0 Å². The first kappa shape index (κ1) is 17.6. The summed E-state index contributed by atoms with van der Waals surface area (Å²) >= 11 is 0. The summed E-state index contributed by atoms with van der Waals surface area (Å²) in [7, 11) is 2.08. The molecule has 1 aliphatic rings. The van der Waals surface area contributed by atoms with E-state index >= 15 is 0 Å². The fourth-order valence-electron chi connectivity index (χ4n) is 0.794. The summed E-state index contributed by atoms with van der Waals surface area (Å²) in [5.41, 5.74) is 0. The van der Waals surface area contributed by atoms with Crippen molar-refractivity contribution in [1.82, 2.24) is 9.80 Å². The first-order chi connectivity index (χ1) is 3.83. The minimum atomic E-state index is 0. The molecule has 2 nitrogen and oxygen atoms in total. The van der Waals surface area contributed by atoms with Crippen molar-refractivity contribution in [2.24, 2.45) is 0 Å². The van der Waals surface area contributed by atoms with E-state index in [4.69, 9.17) is 0 Å². The Kier molecular flexibility index (Phi) is 13.8. The van der Waals surface area contributed by atoms with E-state index in [9.17, 15) is 0 Å². The molecule has 0 spiro atoms. The summed E-state index contributed by atoms with van der Waals surface area (Å²) in [5, 5.41) is 0. The molecule has 11 heavy (non-hydrogen) atoms. The Morgan fingerprint density at radius 1 is 1.27 bits per heavy atom. The van der Waals surface area contributed by atoms with Gasteiger partial charge >= 0.3 is 19.8 Å². The summed E-state index contributed by atoms with van der Waals surface area (Å²) in [5.74, 6) is 0. The van der Waals surface area contributed by atoms with Gasteiger partial charge in [-0.05, 0) is 6.92 Å². The van der Waals surface area contributed by atoms with Crippen molar-refractivity contribution in [3.05, 3.63) is 12.4 Å². The van der Waals surface area contributed by atoms with Gasteiger partial charge in [0.25, 0.3) is 0 Å². The van der Waals surface area contributed by atoms with Crippen molar-refractivity contribution in [3.63, 3.8) is 0 Å². The third-order valence-electron chi connectivity index (χ3n) is 1.34. The van der Waals surface area contributed by atoms with Gasteiger partial charge in [0.1, 0.15) is 0 Å². The van der Waals surface area contributed by atoms with Crippen LogP contribution in [0.1, 0.15) is 6.92 Å². The number of hydrogen-bond donors (Lipinski definition) is 0. The average molecular weight is 258 g/mol. The average Bonchev–Trinajstić information content (AvgIpc) is 2.14. The molecule has 0 N–H and O–H groups in total. The van der Waals surface area contributed by atoms with Crippen LogP contribution in [-0.2, 0) is 0 Å². The van der Waals surface area contributed by atoms with Gasteiger partial charge in [0.2, 0.25) is 0 Å². The minimum absolute atomic E-state index is 0. The molecule has 0 fully saturated rings. The van der Waals surface area contributed by atoms with E-state index < -0.39 is 0 Å². The first-order valence-electron chi connectivity index (χ1n) is 2.95. The number of halogens is 2. The quantitative estimate of drug-likeness (QED) is 0.626. The van der Waals surface area contributed by atoms with E-state index in [2.05, 4.69) is 36.2 Å². The van der Waals surface area contributed by atoms with Gasteiger partial charge in [0.05, 0.1) is 6.67 Å². The topological polar surface area (TPSA) is 6.48 Å². The number of nitrogens with zero attached hydrogens (tertiary/aromatic N) is 2. The van der Waals surface area contributed by atoms with Crippen molar-refractivity contribution in [2.45, 2.75) is 6.92 Å². The Morgan fingerprint density at radius 2 is 1.82 bits per heavy atom. The predicted octanol–water partition coefficient (Wildman–Crippen LogP) is 0.342. The van der Waals surface area contributed by atoms with Crippen LogP contribution in [0.3, 0.4) is 0 Å². The molecule has 1 heterocycles. The monoisotopic (exact) mass is 256 g/mol. The predicted molar refractivity (Wildman–Crippen MR) is 58.6 cm³/mol.